The van der Waals surface area contributed by atoms with E-state index in [9.17, 15) is 9.59 Å². The van der Waals surface area contributed by atoms with Crippen LogP contribution in [0.25, 0.3) is 6.08 Å². The van der Waals surface area contributed by atoms with Gasteiger partial charge in [-0.25, -0.2) is 0 Å². The van der Waals surface area contributed by atoms with Crippen molar-refractivity contribution in [3.63, 3.8) is 0 Å². The molecule has 0 atom stereocenters. The smallest absolute Gasteiger partial charge is 0.266 e. The van der Waals surface area contributed by atoms with Crippen molar-refractivity contribution in [3.05, 3.63) is 69.1 Å². The Morgan fingerprint density at radius 2 is 1.93 bits per heavy atom. The Bertz CT molecular complexity index is 971. The first-order chi connectivity index (χ1) is 13.3. The SMILES string of the molecule is Cc1cccc(NC(=O)CCN2C(=O)/C(=C/c3ccc(Cl)cc3)SC2=S)c1C. The van der Waals surface area contributed by atoms with Crippen molar-refractivity contribution in [2.24, 2.45) is 0 Å². The number of hydrogen-bond acceptors (Lipinski definition) is 4. The lowest BCUT2D eigenvalue weighted by atomic mass is 10.1. The molecule has 0 aliphatic carbocycles. The Morgan fingerprint density at radius 1 is 1.21 bits per heavy atom. The molecule has 0 radical (unpaired) electrons. The minimum atomic E-state index is -0.176. The summed E-state index contributed by atoms with van der Waals surface area (Å²) in [6.45, 7) is 4.21. The lowest BCUT2D eigenvalue weighted by Gasteiger charge is -2.15. The van der Waals surface area contributed by atoms with Crippen molar-refractivity contribution in [1.82, 2.24) is 4.90 Å². The number of thiocarbonyl (C=S) groups is 1. The molecule has 1 saturated heterocycles. The number of rotatable bonds is 5. The van der Waals surface area contributed by atoms with Gasteiger partial charge in [-0.15, -0.1) is 0 Å². The molecule has 0 unspecified atom stereocenters. The first-order valence-electron chi connectivity index (χ1n) is 8.72. The lowest BCUT2D eigenvalue weighted by molar-refractivity contribution is -0.122. The second kappa shape index (κ2) is 8.90. The Morgan fingerprint density at radius 3 is 2.64 bits per heavy atom. The largest absolute Gasteiger partial charge is 0.326 e. The molecule has 7 heteroatoms. The van der Waals surface area contributed by atoms with E-state index in [1.165, 1.54) is 16.7 Å². The second-order valence-electron chi connectivity index (χ2n) is 6.43. The zero-order chi connectivity index (χ0) is 20.3. The first kappa shape index (κ1) is 20.6. The van der Waals surface area contributed by atoms with Crippen LogP contribution in [0.3, 0.4) is 0 Å². The van der Waals surface area contributed by atoms with E-state index in [4.69, 9.17) is 23.8 Å². The van der Waals surface area contributed by atoms with Crippen LogP contribution in [0, 0.1) is 13.8 Å². The van der Waals surface area contributed by atoms with Gasteiger partial charge in [-0.2, -0.15) is 0 Å². The zero-order valence-electron chi connectivity index (χ0n) is 15.5. The third kappa shape index (κ3) is 4.82. The quantitative estimate of drug-likeness (QED) is 0.524. The fourth-order valence-electron chi connectivity index (χ4n) is 2.72. The molecule has 144 valence electrons. The molecule has 1 aliphatic heterocycles. The Balaban J connectivity index is 1.62. The number of thioether (sulfide) groups is 1. The highest BCUT2D eigenvalue weighted by Gasteiger charge is 2.32. The van der Waals surface area contributed by atoms with Gasteiger partial charge in [0.05, 0.1) is 4.91 Å². The Labute approximate surface area is 178 Å². The molecule has 3 rings (SSSR count). The zero-order valence-corrected chi connectivity index (χ0v) is 17.9. The van der Waals surface area contributed by atoms with Gasteiger partial charge >= 0.3 is 0 Å². The summed E-state index contributed by atoms with van der Waals surface area (Å²) < 4.78 is 0.463. The summed E-state index contributed by atoms with van der Waals surface area (Å²) in [6, 6.07) is 13.0. The van der Waals surface area contributed by atoms with Crippen molar-refractivity contribution in [2.45, 2.75) is 20.3 Å². The average Bonchev–Trinajstić information content (AvgIpc) is 2.92. The van der Waals surface area contributed by atoms with Crippen LogP contribution in [-0.2, 0) is 9.59 Å². The van der Waals surface area contributed by atoms with Crippen LogP contribution in [0.15, 0.2) is 47.4 Å². The number of nitrogens with zero attached hydrogens (tertiary/aromatic N) is 1. The Kier molecular flexibility index (Phi) is 6.54. The third-order valence-corrected chi connectivity index (χ3v) is 6.11. The number of amides is 2. The maximum Gasteiger partial charge on any atom is 0.266 e. The minimum Gasteiger partial charge on any atom is -0.326 e. The van der Waals surface area contributed by atoms with Crippen LogP contribution in [0.4, 0.5) is 5.69 Å². The van der Waals surface area contributed by atoms with E-state index < -0.39 is 0 Å². The topological polar surface area (TPSA) is 49.4 Å². The number of carbonyl (C=O) groups excluding carboxylic acids is 2. The van der Waals surface area contributed by atoms with E-state index >= 15 is 0 Å². The van der Waals surface area contributed by atoms with E-state index in [0.717, 1.165) is 22.4 Å². The molecular weight excluding hydrogens is 412 g/mol. The molecule has 2 amide bonds. The van der Waals surface area contributed by atoms with Gasteiger partial charge in [-0.3, -0.25) is 14.5 Å². The average molecular weight is 431 g/mol. The molecule has 1 fully saturated rings. The summed E-state index contributed by atoms with van der Waals surface area (Å²) in [5, 5.41) is 3.55. The molecule has 1 heterocycles. The highest BCUT2D eigenvalue weighted by Crippen LogP contribution is 2.32. The number of aryl methyl sites for hydroxylation is 1. The molecule has 0 bridgehead atoms. The van der Waals surface area contributed by atoms with Crippen molar-refractivity contribution >= 4 is 63.5 Å². The number of nitrogens with one attached hydrogen (secondary N) is 1. The highest BCUT2D eigenvalue weighted by atomic mass is 35.5. The van der Waals surface area contributed by atoms with Crippen molar-refractivity contribution < 1.29 is 9.59 Å². The molecule has 2 aromatic rings. The normalized spacial score (nSPS) is 15.4. The molecule has 0 saturated carbocycles. The predicted octanol–water partition coefficient (Wildman–Crippen LogP) is 5.19. The molecule has 0 spiro atoms. The molecule has 4 nitrogen and oxygen atoms in total. The van der Waals surface area contributed by atoms with Crippen LogP contribution in [0.5, 0.6) is 0 Å². The van der Waals surface area contributed by atoms with Crippen molar-refractivity contribution in [3.8, 4) is 0 Å². The van der Waals surface area contributed by atoms with Crippen LogP contribution in [-0.4, -0.2) is 27.6 Å². The third-order valence-electron chi connectivity index (χ3n) is 4.48. The van der Waals surface area contributed by atoms with E-state index in [1.807, 2.05) is 44.2 Å². The summed E-state index contributed by atoms with van der Waals surface area (Å²) in [5.74, 6) is -0.325. The summed E-state index contributed by atoms with van der Waals surface area (Å²) in [6.07, 6.45) is 1.96. The molecule has 1 aliphatic rings. The summed E-state index contributed by atoms with van der Waals surface area (Å²) in [7, 11) is 0. The van der Waals surface area contributed by atoms with Crippen LogP contribution >= 0.6 is 35.6 Å². The van der Waals surface area contributed by atoms with E-state index in [1.54, 1.807) is 18.2 Å². The van der Waals surface area contributed by atoms with Gasteiger partial charge in [-0.1, -0.05) is 59.8 Å². The summed E-state index contributed by atoms with van der Waals surface area (Å²) in [4.78, 5) is 27.0. The minimum absolute atomic E-state index is 0.149. The molecular formula is C21H19ClN2O2S2. The van der Waals surface area contributed by atoms with E-state index in [-0.39, 0.29) is 24.8 Å². The van der Waals surface area contributed by atoms with Crippen LogP contribution in [0.1, 0.15) is 23.1 Å². The monoisotopic (exact) mass is 430 g/mol. The number of anilines is 1. The highest BCUT2D eigenvalue weighted by molar-refractivity contribution is 8.26. The van der Waals surface area contributed by atoms with Crippen LogP contribution < -0.4 is 5.32 Å². The number of halogens is 1. The molecule has 2 aromatic carbocycles. The lowest BCUT2D eigenvalue weighted by Crippen LogP contribution is -2.31. The Hall–Kier alpha value is -2.15. The molecule has 1 N–H and O–H groups in total. The van der Waals surface area contributed by atoms with Crippen molar-refractivity contribution in [2.75, 3.05) is 11.9 Å². The fourth-order valence-corrected chi connectivity index (χ4v) is 4.15. The molecule has 0 aromatic heterocycles. The van der Waals surface area contributed by atoms with Gasteiger partial charge in [0.1, 0.15) is 4.32 Å². The van der Waals surface area contributed by atoms with Gasteiger partial charge in [-0.05, 0) is 54.8 Å². The van der Waals surface area contributed by atoms with Gasteiger partial charge < -0.3 is 5.32 Å². The standard InChI is InChI=1S/C21H19ClN2O2S2/c1-13-4-3-5-17(14(13)2)23-19(25)10-11-24-20(26)18(28-21(24)27)12-15-6-8-16(22)9-7-15/h3-9,12H,10-11H2,1-2H3,(H,23,25)/b18-12-. The maximum absolute atomic E-state index is 12.6. The summed E-state index contributed by atoms with van der Waals surface area (Å²) >= 11 is 12.5. The maximum atomic E-state index is 12.6. The van der Waals surface area contributed by atoms with Crippen molar-refractivity contribution in [1.29, 1.82) is 0 Å². The van der Waals surface area contributed by atoms with Gasteiger partial charge in [0.2, 0.25) is 5.91 Å². The van der Waals surface area contributed by atoms with E-state index in [0.29, 0.717) is 14.2 Å². The number of carbonyl (C=O) groups is 2. The van der Waals surface area contributed by atoms with Gasteiger partial charge in [0.15, 0.2) is 0 Å². The first-order valence-corrected chi connectivity index (χ1v) is 10.3. The second-order valence-corrected chi connectivity index (χ2v) is 8.54. The number of hydrogen-bond donors (Lipinski definition) is 1. The van der Waals surface area contributed by atoms with Crippen LogP contribution in [0.2, 0.25) is 5.02 Å². The fraction of sp³-hybridized carbons (Fsp3) is 0.190. The summed E-state index contributed by atoms with van der Waals surface area (Å²) in [5.41, 5.74) is 3.81. The van der Waals surface area contributed by atoms with E-state index in [2.05, 4.69) is 5.32 Å². The predicted molar refractivity (Wildman–Crippen MR) is 120 cm³/mol. The van der Waals surface area contributed by atoms with Gasteiger partial charge in [0, 0.05) is 23.7 Å². The van der Waals surface area contributed by atoms with Gasteiger partial charge in [0.25, 0.3) is 5.91 Å². The molecule has 28 heavy (non-hydrogen) atoms. The number of benzene rings is 2.